The molecule has 3 heterocycles. The van der Waals surface area contributed by atoms with Crippen molar-refractivity contribution in [2.75, 3.05) is 50.8 Å². The van der Waals surface area contributed by atoms with Gasteiger partial charge in [-0.2, -0.15) is 0 Å². The Kier molecular flexibility index (Phi) is 9.35. The summed E-state index contributed by atoms with van der Waals surface area (Å²) in [7, 11) is 0. The van der Waals surface area contributed by atoms with Crippen LogP contribution >= 0.6 is 0 Å². The van der Waals surface area contributed by atoms with Gasteiger partial charge >= 0.3 is 0 Å². The highest BCUT2D eigenvalue weighted by Gasteiger charge is 2.20. The van der Waals surface area contributed by atoms with E-state index in [1.165, 1.54) is 0 Å². The molecule has 2 aromatic carbocycles. The fourth-order valence-electron chi connectivity index (χ4n) is 5.28. The number of fused-ring (bicyclic) bond motifs is 1. The maximum Gasteiger partial charge on any atom is 0.258 e. The zero-order chi connectivity index (χ0) is 28.6. The Morgan fingerprint density at radius 3 is 2.51 bits per heavy atom. The van der Waals surface area contributed by atoms with Gasteiger partial charge in [-0.15, -0.1) is 0 Å². The maximum atomic E-state index is 13.6. The number of benzene rings is 2. The summed E-state index contributed by atoms with van der Waals surface area (Å²) in [5.41, 5.74) is 16.5. The van der Waals surface area contributed by atoms with Crippen LogP contribution in [-0.2, 0) is 24.1 Å². The normalized spacial score (nSPS) is 13.9. The van der Waals surface area contributed by atoms with Gasteiger partial charge < -0.3 is 25.7 Å². The Balaban J connectivity index is 1.39. The van der Waals surface area contributed by atoms with Gasteiger partial charge in [0.15, 0.2) is 0 Å². The van der Waals surface area contributed by atoms with Crippen LogP contribution in [0.1, 0.15) is 33.7 Å². The number of aryl methyl sites for hydroxylation is 3. The molecule has 1 amide bonds. The van der Waals surface area contributed by atoms with Crippen LogP contribution in [0.5, 0.6) is 0 Å². The van der Waals surface area contributed by atoms with Crippen molar-refractivity contribution in [2.24, 2.45) is 11.5 Å². The highest BCUT2D eigenvalue weighted by atomic mass is 16.5. The zero-order valence-electron chi connectivity index (χ0n) is 23.3. The van der Waals surface area contributed by atoms with E-state index in [4.69, 9.17) is 26.6 Å². The van der Waals surface area contributed by atoms with Crippen LogP contribution in [0.15, 0.2) is 67.0 Å². The molecule has 1 saturated heterocycles. The van der Waals surface area contributed by atoms with Crippen molar-refractivity contribution in [3.8, 4) is 0 Å². The molecule has 0 spiro atoms. The molecule has 214 valence electrons. The first kappa shape index (κ1) is 28.4. The third-order valence-corrected chi connectivity index (χ3v) is 7.49. The van der Waals surface area contributed by atoms with Gasteiger partial charge in [0.25, 0.3) is 5.91 Å². The van der Waals surface area contributed by atoms with Crippen molar-refractivity contribution in [1.29, 1.82) is 5.41 Å². The predicted molar refractivity (Wildman–Crippen MR) is 161 cm³/mol. The number of nitrogens with one attached hydrogen (secondary N) is 1. The molecular weight excluding hydrogens is 516 g/mol. The number of anilines is 1. The summed E-state index contributed by atoms with van der Waals surface area (Å²) in [6, 6.07) is 17.3. The third kappa shape index (κ3) is 6.97. The lowest BCUT2D eigenvalue weighted by Gasteiger charge is -2.26. The lowest BCUT2D eigenvalue weighted by atomic mass is 10.1. The number of carbonyl (C=O) groups excluding carboxylic acids is 1. The second-order valence-electron chi connectivity index (χ2n) is 10.3. The molecule has 5 rings (SSSR count). The average molecular weight is 555 g/mol. The molecule has 0 aliphatic carbocycles. The summed E-state index contributed by atoms with van der Waals surface area (Å²) in [4.78, 5) is 26.9. The first-order valence-electron chi connectivity index (χ1n) is 14.2. The Hall–Kier alpha value is -4.12. The van der Waals surface area contributed by atoms with Crippen LogP contribution in [0.2, 0.25) is 0 Å². The third-order valence-electron chi connectivity index (χ3n) is 7.49. The molecule has 1 aliphatic rings. The summed E-state index contributed by atoms with van der Waals surface area (Å²) in [6.45, 7) is 6.10. The highest BCUT2D eigenvalue weighted by Crippen LogP contribution is 2.23. The minimum atomic E-state index is -0.126. The van der Waals surface area contributed by atoms with E-state index in [0.29, 0.717) is 24.3 Å². The lowest BCUT2D eigenvalue weighted by molar-refractivity contribution is 0.0369. The SMILES string of the molecule is N=C(N)c1ccc(CCc2nc3cc(C(=O)N(CCN)c4cccnc4)ccc3n2CCCN2CCOCC2)cc1. The maximum absolute atomic E-state index is 13.6. The first-order valence-corrected chi connectivity index (χ1v) is 14.2. The van der Waals surface area contributed by atoms with E-state index in [2.05, 4.69) is 14.5 Å². The van der Waals surface area contributed by atoms with Crippen molar-refractivity contribution in [3.63, 3.8) is 0 Å². The Morgan fingerprint density at radius 2 is 1.80 bits per heavy atom. The number of hydrogen-bond acceptors (Lipinski definition) is 7. The number of hydrogen-bond donors (Lipinski definition) is 3. The van der Waals surface area contributed by atoms with Gasteiger partial charge in [-0.3, -0.25) is 20.1 Å². The number of pyridine rings is 1. The van der Waals surface area contributed by atoms with Gasteiger partial charge in [0.1, 0.15) is 11.7 Å². The minimum Gasteiger partial charge on any atom is -0.384 e. The molecule has 10 heteroatoms. The molecule has 2 aromatic heterocycles. The van der Waals surface area contributed by atoms with Crippen molar-refractivity contribution >= 4 is 28.5 Å². The van der Waals surface area contributed by atoms with Gasteiger partial charge in [0.2, 0.25) is 0 Å². The number of morpholine rings is 1. The first-order chi connectivity index (χ1) is 20.0. The van der Waals surface area contributed by atoms with Crippen molar-refractivity contribution in [3.05, 3.63) is 89.5 Å². The summed E-state index contributed by atoms with van der Waals surface area (Å²) in [6.07, 6.45) is 5.92. The fraction of sp³-hybridized carbons (Fsp3) is 0.355. The quantitative estimate of drug-likeness (QED) is 0.181. The average Bonchev–Trinajstić information content (AvgIpc) is 3.36. The van der Waals surface area contributed by atoms with Crippen molar-refractivity contribution in [2.45, 2.75) is 25.8 Å². The van der Waals surface area contributed by atoms with E-state index in [0.717, 1.165) is 86.6 Å². The molecule has 0 saturated carbocycles. The molecule has 0 unspecified atom stereocenters. The molecule has 0 bridgehead atoms. The number of amidine groups is 1. The molecule has 1 aliphatic heterocycles. The Morgan fingerprint density at radius 1 is 1.02 bits per heavy atom. The lowest BCUT2D eigenvalue weighted by Crippen LogP contribution is -2.37. The summed E-state index contributed by atoms with van der Waals surface area (Å²) in [5.74, 6) is 0.935. The van der Waals surface area contributed by atoms with Gasteiger partial charge in [-0.05, 0) is 48.7 Å². The van der Waals surface area contributed by atoms with Crippen LogP contribution in [0, 0.1) is 5.41 Å². The number of ether oxygens (including phenoxy) is 1. The van der Waals surface area contributed by atoms with Gasteiger partial charge in [0, 0.05) is 63.0 Å². The Labute approximate surface area is 240 Å². The fourth-order valence-corrected chi connectivity index (χ4v) is 5.28. The monoisotopic (exact) mass is 554 g/mol. The van der Waals surface area contributed by atoms with E-state index >= 15 is 0 Å². The number of nitrogen functional groups attached to an aromatic ring is 1. The molecule has 41 heavy (non-hydrogen) atoms. The molecule has 4 aromatic rings. The standard InChI is InChI=1S/C31H38N8O2/c32-12-16-38(26-3-1-13-35-22-26)31(40)25-9-10-28-27(21-25)36-29(11-6-23-4-7-24(8-5-23)30(33)34)39(28)15-2-14-37-17-19-41-20-18-37/h1,3-5,7-10,13,21-22H,2,6,11-12,14-20,32H2,(H3,33,34). The van der Waals surface area contributed by atoms with Gasteiger partial charge in [0.05, 0.1) is 36.1 Å². The van der Waals surface area contributed by atoms with E-state index < -0.39 is 0 Å². The number of nitrogens with zero attached hydrogens (tertiary/aromatic N) is 5. The second kappa shape index (κ2) is 13.5. The topological polar surface area (TPSA) is 139 Å². The van der Waals surface area contributed by atoms with Crippen LogP contribution in [0.4, 0.5) is 5.69 Å². The number of aromatic nitrogens is 3. The molecule has 0 atom stereocenters. The minimum absolute atomic E-state index is 0.0671. The van der Waals surface area contributed by atoms with E-state index in [-0.39, 0.29) is 11.7 Å². The van der Waals surface area contributed by atoms with Crippen molar-refractivity contribution in [1.82, 2.24) is 19.4 Å². The zero-order valence-corrected chi connectivity index (χ0v) is 23.3. The van der Waals surface area contributed by atoms with E-state index in [9.17, 15) is 4.79 Å². The predicted octanol–water partition coefficient (Wildman–Crippen LogP) is 2.83. The number of amides is 1. The molecule has 10 nitrogen and oxygen atoms in total. The van der Waals surface area contributed by atoms with Crippen LogP contribution < -0.4 is 16.4 Å². The van der Waals surface area contributed by atoms with Crippen molar-refractivity contribution < 1.29 is 9.53 Å². The highest BCUT2D eigenvalue weighted by molar-refractivity contribution is 6.07. The van der Waals surface area contributed by atoms with Crippen LogP contribution in [0.25, 0.3) is 11.0 Å². The summed E-state index contributed by atoms with van der Waals surface area (Å²) in [5, 5.41) is 7.63. The van der Waals surface area contributed by atoms with Crippen LogP contribution in [0.3, 0.4) is 0 Å². The number of nitrogens with two attached hydrogens (primary N) is 2. The number of rotatable bonds is 12. The molecule has 1 fully saturated rings. The number of carbonyl (C=O) groups is 1. The van der Waals surface area contributed by atoms with Gasteiger partial charge in [-0.25, -0.2) is 4.98 Å². The largest absolute Gasteiger partial charge is 0.384 e. The Bertz CT molecular complexity index is 1460. The van der Waals surface area contributed by atoms with Gasteiger partial charge in [-0.1, -0.05) is 24.3 Å². The second-order valence-corrected chi connectivity index (χ2v) is 10.3. The van der Waals surface area contributed by atoms with E-state index in [1.807, 2.05) is 54.6 Å². The number of imidazole rings is 1. The summed E-state index contributed by atoms with van der Waals surface area (Å²) >= 11 is 0. The smallest absolute Gasteiger partial charge is 0.258 e. The molecular formula is C31H38N8O2. The molecule has 5 N–H and O–H groups in total. The van der Waals surface area contributed by atoms with Crippen LogP contribution in [-0.4, -0.2) is 77.1 Å². The van der Waals surface area contributed by atoms with E-state index in [1.54, 1.807) is 17.3 Å². The molecule has 0 radical (unpaired) electrons. The summed E-state index contributed by atoms with van der Waals surface area (Å²) < 4.78 is 7.80.